The fourth-order valence-corrected chi connectivity index (χ4v) is 5.16. The largest absolute Gasteiger partial charge is 0.389 e. The first kappa shape index (κ1) is 10.1. The van der Waals surface area contributed by atoms with Gasteiger partial charge in [0.25, 0.3) is 0 Å². The van der Waals surface area contributed by atoms with Crippen molar-refractivity contribution in [1.82, 2.24) is 0 Å². The van der Waals surface area contributed by atoms with Crippen LogP contribution in [0.2, 0.25) is 0 Å². The van der Waals surface area contributed by atoms with Crippen molar-refractivity contribution in [3.63, 3.8) is 0 Å². The van der Waals surface area contributed by atoms with Gasteiger partial charge in [0.2, 0.25) is 0 Å². The highest BCUT2D eigenvalue weighted by molar-refractivity contribution is 5.26. The van der Waals surface area contributed by atoms with Gasteiger partial charge in [-0.1, -0.05) is 33.1 Å². The van der Waals surface area contributed by atoms with Crippen LogP contribution in [0.4, 0.5) is 0 Å². The highest BCUT2D eigenvalue weighted by Gasteiger charge is 2.77. The van der Waals surface area contributed by atoms with Gasteiger partial charge in [-0.25, -0.2) is 0 Å². The summed E-state index contributed by atoms with van der Waals surface area (Å²) in [6.07, 6.45) is 10.5. The monoisotopic (exact) mass is 208 g/mol. The molecule has 0 aromatic heterocycles. The van der Waals surface area contributed by atoms with Gasteiger partial charge in [0.05, 0.1) is 5.60 Å². The zero-order valence-corrected chi connectivity index (χ0v) is 10.2. The molecule has 3 rings (SSSR count). The summed E-state index contributed by atoms with van der Waals surface area (Å²) in [7, 11) is 0. The normalized spacial score (nSPS) is 53.6. The maximum absolute atomic E-state index is 11.1. The van der Waals surface area contributed by atoms with E-state index in [0.29, 0.717) is 16.7 Å². The van der Waals surface area contributed by atoms with Crippen molar-refractivity contribution in [2.24, 2.45) is 16.7 Å². The lowest BCUT2D eigenvalue weighted by Crippen LogP contribution is -2.45. The molecule has 3 aliphatic rings. The third-order valence-electron chi connectivity index (χ3n) is 6.04. The maximum Gasteiger partial charge on any atom is 0.0731 e. The summed E-state index contributed by atoms with van der Waals surface area (Å²) in [5, 5.41) is 11.1. The summed E-state index contributed by atoms with van der Waals surface area (Å²) in [5.74, 6) is 0.440. The quantitative estimate of drug-likeness (QED) is 0.699. The van der Waals surface area contributed by atoms with Crippen molar-refractivity contribution < 1.29 is 5.11 Å². The molecule has 3 fully saturated rings. The third-order valence-corrected chi connectivity index (χ3v) is 6.04. The van der Waals surface area contributed by atoms with Crippen LogP contribution in [-0.2, 0) is 0 Å². The predicted octanol–water partition coefficient (Wildman–Crippen LogP) is 3.51. The topological polar surface area (TPSA) is 20.2 Å². The van der Waals surface area contributed by atoms with Crippen LogP contribution in [0.1, 0.15) is 65.2 Å². The number of aliphatic hydroxyl groups is 1. The molecular weight excluding hydrogens is 184 g/mol. The number of hydrogen-bond acceptors (Lipinski definition) is 1. The van der Waals surface area contributed by atoms with Crippen molar-refractivity contribution in [3.8, 4) is 0 Å². The van der Waals surface area contributed by atoms with Crippen LogP contribution in [-0.4, -0.2) is 10.7 Å². The van der Waals surface area contributed by atoms with Gasteiger partial charge in [-0.2, -0.15) is 0 Å². The lowest BCUT2D eigenvalue weighted by molar-refractivity contribution is -0.0859. The standard InChI is InChI=1S/C14H24O/c1-11(2)14(15)9-4-3-6-12-7-5-8-13(12,14)10-12/h11,15H,3-10H2,1-2H3/t12-,13-,14-/m1/s1. The Kier molecular flexibility index (Phi) is 1.89. The Balaban J connectivity index is 2.01. The van der Waals surface area contributed by atoms with Crippen molar-refractivity contribution in [3.05, 3.63) is 0 Å². The molecule has 0 heterocycles. The van der Waals surface area contributed by atoms with Crippen molar-refractivity contribution >= 4 is 0 Å². The third kappa shape index (κ3) is 0.988. The molecule has 0 aliphatic heterocycles. The molecule has 1 N–H and O–H groups in total. The molecule has 0 bridgehead atoms. The van der Waals surface area contributed by atoms with Gasteiger partial charge >= 0.3 is 0 Å². The molecule has 0 aromatic rings. The summed E-state index contributed by atoms with van der Waals surface area (Å²) >= 11 is 0. The van der Waals surface area contributed by atoms with Crippen molar-refractivity contribution in [2.75, 3.05) is 0 Å². The number of hydrogen-bond donors (Lipinski definition) is 1. The molecule has 0 amide bonds. The zero-order chi connectivity index (χ0) is 10.7. The Morgan fingerprint density at radius 3 is 2.33 bits per heavy atom. The summed E-state index contributed by atoms with van der Waals surface area (Å²) in [4.78, 5) is 0. The van der Waals surface area contributed by atoms with Crippen LogP contribution in [0.15, 0.2) is 0 Å². The second-order valence-corrected chi connectivity index (χ2v) is 6.68. The van der Waals surface area contributed by atoms with Crippen molar-refractivity contribution in [1.29, 1.82) is 0 Å². The van der Waals surface area contributed by atoms with E-state index in [1.54, 1.807) is 0 Å². The molecule has 0 aromatic carbocycles. The van der Waals surface area contributed by atoms with E-state index >= 15 is 0 Å². The minimum Gasteiger partial charge on any atom is -0.389 e. The molecular formula is C14H24O. The minimum absolute atomic E-state index is 0.333. The van der Waals surface area contributed by atoms with E-state index in [2.05, 4.69) is 13.8 Å². The highest BCUT2D eigenvalue weighted by atomic mass is 16.3. The van der Waals surface area contributed by atoms with Gasteiger partial charge in [0, 0.05) is 5.41 Å². The van der Waals surface area contributed by atoms with Crippen LogP contribution in [0.5, 0.6) is 0 Å². The van der Waals surface area contributed by atoms with Gasteiger partial charge in [0.15, 0.2) is 0 Å². The Morgan fingerprint density at radius 2 is 1.60 bits per heavy atom. The fourth-order valence-electron chi connectivity index (χ4n) is 5.16. The zero-order valence-electron chi connectivity index (χ0n) is 10.2. The van der Waals surface area contributed by atoms with E-state index in [-0.39, 0.29) is 5.60 Å². The lowest BCUT2D eigenvalue weighted by Gasteiger charge is -2.40. The molecule has 1 heteroatoms. The predicted molar refractivity (Wildman–Crippen MR) is 61.6 cm³/mol. The molecule has 86 valence electrons. The molecule has 0 spiro atoms. The molecule has 3 saturated carbocycles. The van der Waals surface area contributed by atoms with E-state index < -0.39 is 0 Å². The van der Waals surface area contributed by atoms with Crippen LogP contribution in [0.3, 0.4) is 0 Å². The SMILES string of the molecule is CC(C)[C@]1(O)CCCC[C@]23CCC[C@@]21C3. The second-order valence-electron chi connectivity index (χ2n) is 6.68. The van der Waals surface area contributed by atoms with Crippen LogP contribution >= 0.6 is 0 Å². The molecule has 0 unspecified atom stereocenters. The first-order valence-corrected chi connectivity index (χ1v) is 6.79. The van der Waals surface area contributed by atoms with Gasteiger partial charge in [-0.15, -0.1) is 0 Å². The molecule has 1 nitrogen and oxygen atoms in total. The molecule has 0 radical (unpaired) electrons. The second kappa shape index (κ2) is 2.80. The van der Waals surface area contributed by atoms with Gasteiger partial charge < -0.3 is 5.11 Å². The minimum atomic E-state index is -0.333. The lowest BCUT2D eigenvalue weighted by atomic mass is 9.71. The van der Waals surface area contributed by atoms with E-state index in [9.17, 15) is 5.11 Å². The fraction of sp³-hybridized carbons (Fsp3) is 1.00. The first-order chi connectivity index (χ1) is 7.06. The molecule has 3 aliphatic carbocycles. The van der Waals surface area contributed by atoms with E-state index in [1.807, 2.05) is 0 Å². The van der Waals surface area contributed by atoms with Gasteiger partial charge in [-0.3, -0.25) is 0 Å². The molecule has 3 atom stereocenters. The average Bonchev–Trinajstić information content (AvgIpc) is 2.73. The summed E-state index contributed by atoms with van der Waals surface area (Å²) < 4.78 is 0. The summed E-state index contributed by atoms with van der Waals surface area (Å²) in [6.45, 7) is 4.45. The van der Waals surface area contributed by atoms with Crippen LogP contribution < -0.4 is 0 Å². The Morgan fingerprint density at radius 1 is 0.933 bits per heavy atom. The molecule has 0 saturated heterocycles. The van der Waals surface area contributed by atoms with Gasteiger partial charge in [0.1, 0.15) is 0 Å². The smallest absolute Gasteiger partial charge is 0.0731 e. The summed E-state index contributed by atoms with van der Waals surface area (Å²) in [5.41, 5.74) is 0.604. The van der Waals surface area contributed by atoms with E-state index in [4.69, 9.17) is 0 Å². The first-order valence-electron chi connectivity index (χ1n) is 6.79. The Labute approximate surface area is 93.3 Å². The Hall–Kier alpha value is -0.0400. The maximum atomic E-state index is 11.1. The van der Waals surface area contributed by atoms with Gasteiger partial charge in [-0.05, 0) is 43.4 Å². The Bertz CT molecular complexity index is 285. The average molecular weight is 208 g/mol. The van der Waals surface area contributed by atoms with E-state index in [1.165, 1.54) is 44.9 Å². The highest BCUT2D eigenvalue weighted by Crippen LogP contribution is 2.81. The van der Waals surface area contributed by atoms with E-state index in [0.717, 1.165) is 6.42 Å². The van der Waals surface area contributed by atoms with Crippen molar-refractivity contribution in [2.45, 2.75) is 70.8 Å². The van der Waals surface area contributed by atoms with Crippen LogP contribution in [0, 0.1) is 16.7 Å². The molecule has 15 heavy (non-hydrogen) atoms. The summed E-state index contributed by atoms with van der Waals surface area (Å²) in [6, 6.07) is 0. The van der Waals surface area contributed by atoms with Crippen LogP contribution in [0.25, 0.3) is 0 Å². The number of rotatable bonds is 1.